The zero-order chi connectivity index (χ0) is 15.5. The third-order valence-corrected chi connectivity index (χ3v) is 4.58. The van der Waals surface area contributed by atoms with Crippen molar-refractivity contribution >= 4 is 15.7 Å². The minimum Gasteiger partial charge on any atom is -0.258 e. The van der Waals surface area contributed by atoms with Gasteiger partial charge in [0.2, 0.25) is 15.8 Å². The number of nitrogens with one attached hydrogen (secondary N) is 1. The Bertz CT molecular complexity index is 601. The maximum Gasteiger partial charge on any atom is 0.304 e. The van der Waals surface area contributed by atoms with Crippen LogP contribution >= 0.6 is 0 Å². The summed E-state index contributed by atoms with van der Waals surface area (Å²) in [5.41, 5.74) is -0.750. The second-order valence-corrected chi connectivity index (χ2v) is 6.71. The standard InChI is InChI=1S/C12H17FN2O4S/c1-8(2)9(3)7-14-20(18,19)10-4-5-12(15(16)17)11(13)6-10/h4-6,8-9,14H,7H2,1-3H3. The third kappa shape index (κ3) is 3.97. The van der Waals surface area contributed by atoms with E-state index in [2.05, 4.69) is 4.72 Å². The van der Waals surface area contributed by atoms with Crippen molar-refractivity contribution in [2.45, 2.75) is 25.7 Å². The molecule has 0 spiro atoms. The summed E-state index contributed by atoms with van der Waals surface area (Å²) in [5.74, 6) is -0.756. The summed E-state index contributed by atoms with van der Waals surface area (Å²) in [6.07, 6.45) is 0. The summed E-state index contributed by atoms with van der Waals surface area (Å²) in [6, 6.07) is 2.51. The van der Waals surface area contributed by atoms with Crippen molar-refractivity contribution in [1.82, 2.24) is 4.72 Å². The van der Waals surface area contributed by atoms with E-state index in [1.54, 1.807) is 0 Å². The summed E-state index contributed by atoms with van der Waals surface area (Å²) < 4.78 is 39.7. The molecule has 112 valence electrons. The van der Waals surface area contributed by atoms with Gasteiger partial charge in [-0.15, -0.1) is 0 Å². The predicted molar refractivity (Wildman–Crippen MR) is 72.2 cm³/mol. The van der Waals surface area contributed by atoms with Crippen LogP contribution in [0.15, 0.2) is 23.1 Å². The molecule has 1 unspecified atom stereocenters. The van der Waals surface area contributed by atoms with Gasteiger partial charge in [-0.3, -0.25) is 10.1 Å². The van der Waals surface area contributed by atoms with Gasteiger partial charge in [0, 0.05) is 18.7 Å². The maximum absolute atomic E-state index is 13.4. The van der Waals surface area contributed by atoms with Crippen LogP contribution in [0.1, 0.15) is 20.8 Å². The molecular formula is C12H17FN2O4S. The number of rotatable bonds is 6. The highest BCUT2D eigenvalue weighted by Crippen LogP contribution is 2.21. The summed E-state index contributed by atoms with van der Waals surface area (Å²) >= 11 is 0. The van der Waals surface area contributed by atoms with E-state index in [1.807, 2.05) is 20.8 Å². The summed E-state index contributed by atoms with van der Waals surface area (Å²) in [4.78, 5) is 9.25. The molecule has 1 N–H and O–H groups in total. The van der Waals surface area contributed by atoms with Gasteiger partial charge in [-0.1, -0.05) is 20.8 Å². The molecule has 0 aliphatic heterocycles. The number of nitro benzene ring substituents is 1. The average Bonchev–Trinajstić information content (AvgIpc) is 2.35. The zero-order valence-electron chi connectivity index (χ0n) is 11.5. The zero-order valence-corrected chi connectivity index (χ0v) is 12.3. The lowest BCUT2D eigenvalue weighted by Gasteiger charge is -2.16. The minimum atomic E-state index is -3.87. The SMILES string of the molecule is CC(C)C(C)CNS(=O)(=O)c1ccc([N+](=O)[O-])c(F)c1. The molecule has 1 aromatic rings. The second kappa shape index (κ2) is 6.27. The van der Waals surface area contributed by atoms with Gasteiger partial charge >= 0.3 is 5.69 Å². The molecule has 0 saturated carbocycles. The summed E-state index contributed by atoms with van der Waals surface area (Å²) in [5, 5.41) is 10.5. The first-order valence-corrected chi connectivity index (χ1v) is 7.57. The molecule has 0 radical (unpaired) electrons. The number of halogens is 1. The Labute approximate surface area is 117 Å². The lowest BCUT2D eigenvalue weighted by atomic mass is 9.99. The van der Waals surface area contributed by atoms with E-state index in [4.69, 9.17) is 0 Å². The fourth-order valence-corrected chi connectivity index (χ4v) is 2.52. The molecule has 0 fully saturated rings. The summed E-state index contributed by atoms with van der Waals surface area (Å²) in [6.45, 7) is 6.04. The van der Waals surface area contributed by atoms with Crippen LogP contribution in [0.4, 0.5) is 10.1 Å². The van der Waals surface area contributed by atoms with Crippen LogP contribution in [-0.2, 0) is 10.0 Å². The minimum absolute atomic E-state index is 0.118. The lowest BCUT2D eigenvalue weighted by molar-refractivity contribution is -0.387. The highest BCUT2D eigenvalue weighted by atomic mass is 32.2. The fourth-order valence-electron chi connectivity index (χ4n) is 1.36. The smallest absolute Gasteiger partial charge is 0.258 e. The first kappa shape index (κ1) is 16.5. The Morgan fingerprint density at radius 2 is 1.95 bits per heavy atom. The van der Waals surface area contributed by atoms with Crippen LogP contribution in [0, 0.1) is 27.8 Å². The first-order chi connectivity index (χ1) is 9.15. The average molecular weight is 304 g/mol. The number of sulfonamides is 1. The summed E-state index contributed by atoms with van der Waals surface area (Å²) in [7, 11) is -3.87. The molecule has 0 saturated heterocycles. The van der Waals surface area contributed by atoms with Crippen LogP contribution in [0.25, 0.3) is 0 Å². The van der Waals surface area contributed by atoms with Gasteiger partial charge < -0.3 is 0 Å². The van der Waals surface area contributed by atoms with E-state index < -0.39 is 26.5 Å². The molecule has 20 heavy (non-hydrogen) atoms. The number of hydrogen-bond donors (Lipinski definition) is 1. The largest absolute Gasteiger partial charge is 0.304 e. The lowest BCUT2D eigenvalue weighted by Crippen LogP contribution is -2.30. The Kier molecular flexibility index (Phi) is 5.18. The molecule has 1 atom stereocenters. The predicted octanol–water partition coefficient (Wildman–Crippen LogP) is 2.30. The highest BCUT2D eigenvalue weighted by Gasteiger charge is 2.21. The van der Waals surface area contributed by atoms with Crippen molar-refractivity contribution in [3.05, 3.63) is 34.1 Å². The molecule has 1 rings (SSSR count). The molecule has 0 aromatic heterocycles. The number of nitro groups is 1. The second-order valence-electron chi connectivity index (χ2n) is 4.94. The van der Waals surface area contributed by atoms with E-state index in [0.717, 1.165) is 12.1 Å². The van der Waals surface area contributed by atoms with Gasteiger partial charge in [-0.25, -0.2) is 13.1 Å². The van der Waals surface area contributed by atoms with E-state index in [0.29, 0.717) is 12.0 Å². The first-order valence-electron chi connectivity index (χ1n) is 6.08. The van der Waals surface area contributed by atoms with E-state index in [-0.39, 0.29) is 17.4 Å². The molecule has 0 amide bonds. The van der Waals surface area contributed by atoms with Crippen molar-refractivity contribution in [1.29, 1.82) is 0 Å². The van der Waals surface area contributed by atoms with Gasteiger partial charge in [0.05, 0.1) is 9.82 Å². The van der Waals surface area contributed by atoms with Crippen LogP contribution in [-0.4, -0.2) is 19.9 Å². The van der Waals surface area contributed by atoms with Crippen molar-refractivity contribution in [3.63, 3.8) is 0 Å². The Balaban J connectivity index is 2.94. The van der Waals surface area contributed by atoms with Crippen LogP contribution in [0.5, 0.6) is 0 Å². The van der Waals surface area contributed by atoms with Crippen molar-refractivity contribution in [2.75, 3.05) is 6.54 Å². The number of nitrogens with zero attached hydrogens (tertiary/aromatic N) is 1. The highest BCUT2D eigenvalue weighted by molar-refractivity contribution is 7.89. The monoisotopic (exact) mass is 304 g/mol. The fraction of sp³-hybridized carbons (Fsp3) is 0.500. The van der Waals surface area contributed by atoms with Gasteiger partial charge in [-0.05, 0) is 17.9 Å². The Hall–Kier alpha value is -1.54. The van der Waals surface area contributed by atoms with Gasteiger partial charge in [0.1, 0.15) is 0 Å². The molecule has 0 aliphatic carbocycles. The van der Waals surface area contributed by atoms with E-state index in [9.17, 15) is 22.9 Å². The van der Waals surface area contributed by atoms with Gasteiger partial charge in [-0.2, -0.15) is 4.39 Å². The maximum atomic E-state index is 13.4. The quantitative estimate of drug-likeness (QED) is 0.645. The normalized spacial score (nSPS) is 13.4. The molecular weight excluding hydrogens is 287 g/mol. The van der Waals surface area contributed by atoms with Gasteiger partial charge in [0.15, 0.2) is 0 Å². The molecule has 0 bridgehead atoms. The van der Waals surface area contributed by atoms with E-state index in [1.165, 1.54) is 0 Å². The molecule has 1 aromatic carbocycles. The molecule has 6 nitrogen and oxygen atoms in total. The van der Waals surface area contributed by atoms with Gasteiger partial charge in [0.25, 0.3) is 0 Å². The van der Waals surface area contributed by atoms with Crippen LogP contribution in [0.2, 0.25) is 0 Å². The van der Waals surface area contributed by atoms with Crippen molar-refractivity contribution < 1.29 is 17.7 Å². The van der Waals surface area contributed by atoms with E-state index >= 15 is 0 Å². The topological polar surface area (TPSA) is 89.3 Å². The molecule has 0 aliphatic rings. The molecule has 0 heterocycles. The molecule has 8 heteroatoms. The van der Waals surface area contributed by atoms with Crippen molar-refractivity contribution in [2.24, 2.45) is 11.8 Å². The third-order valence-electron chi connectivity index (χ3n) is 3.16. The van der Waals surface area contributed by atoms with Crippen LogP contribution < -0.4 is 4.72 Å². The van der Waals surface area contributed by atoms with Crippen molar-refractivity contribution in [3.8, 4) is 0 Å². The van der Waals surface area contributed by atoms with Crippen LogP contribution in [0.3, 0.4) is 0 Å². The number of hydrogen-bond acceptors (Lipinski definition) is 4. The Morgan fingerprint density at radius 3 is 2.40 bits per heavy atom. The number of benzene rings is 1. The Morgan fingerprint density at radius 1 is 1.35 bits per heavy atom.